The predicted octanol–water partition coefficient (Wildman–Crippen LogP) is -1.04. The molecule has 0 saturated heterocycles. The molecule has 0 aromatic heterocycles. The van der Waals surface area contributed by atoms with Crippen molar-refractivity contribution in [2.75, 3.05) is 18.6 Å². The maximum atomic E-state index is 10.6. The molecule has 0 spiro atoms. The number of aliphatic carboxylic acids is 1. The molecule has 6 heteroatoms. The van der Waals surface area contributed by atoms with Crippen molar-refractivity contribution in [2.24, 2.45) is 0 Å². The summed E-state index contributed by atoms with van der Waals surface area (Å²) in [5.74, 6) is -1.36. The highest BCUT2D eigenvalue weighted by Crippen LogP contribution is 1.79. The van der Waals surface area contributed by atoms with E-state index in [1.807, 2.05) is 0 Å². The van der Waals surface area contributed by atoms with Gasteiger partial charge in [-0.2, -0.15) is 0 Å². The number of nitrogens with one attached hydrogen (secondary N) is 1. The minimum Gasteiger partial charge on any atom is -0.481 e. The zero-order chi connectivity index (χ0) is 9.56. The van der Waals surface area contributed by atoms with Crippen molar-refractivity contribution in [3.63, 3.8) is 0 Å². The van der Waals surface area contributed by atoms with Crippen molar-refractivity contribution in [3.05, 3.63) is 0 Å². The Balaban J connectivity index is 3.44. The molecule has 12 heavy (non-hydrogen) atoms. The molecule has 0 aromatic carbocycles. The van der Waals surface area contributed by atoms with Gasteiger partial charge >= 0.3 is 5.97 Å². The second-order valence-electron chi connectivity index (χ2n) is 2.20. The van der Waals surface area contributed by atoms with Gasteiger partial charge in [0.05, 0.1) is 0 Å². The van der Waals surface area contributed by atoms with E-state index in [4.69, 9.17) is 5.11 Å². The number of rotatable bonds is 5. The summed E-state index contributed by atoms with van der Waals surface area (Å²) >= 11 is 0. The summed E-state index contributed by atoms with van der Waals surface area (Å²) in [5, 5.41) is 10.5. The molecule has 1 atom stereocenters. The fraction of sp³-hybridized carbons (Fsp3) is 0.667. The van der Waals surface area contributed by atoms with Gasteiger partial charge in [-0.05, 0) is 0 Å². The first-order valence-electron chi connectivity index (χ1n) is 3.31. The number of carboxylic acids is 1. The first-order valence-corrected chi connectivity index (χ1v) is 5.03. The van der Waals surface area contributed by atoms with E-state index in [0.29, 0.717) is 5.75 Å². The maximum absolute atomic E-state index is 10.6. The minimum absolute atomic E-state index is 0.259. The van der Waals surface area contributed by atoms with E-state index < -0.39 is 29.1 Å². The molecule has 0 rings (SSSR count). The molecule has 0 fully saturated rings. The molecule has 1 unspecified atom stereocenters. The zero-order valence-electron chi connectivity index (χ0n) is 6.70. The standard InChI is InChI=1S/C6H11NO4S/c1-12(11)3-2-7-5(8)4-6(9)10/h2-4H2,1H3,(H,7,8)(H,9,10). The maximum Gasteiger partial charge on any atom is 0.312 e. The lowest BCUT2D eigenvalue weighted by Crippen LogP contribution is -2.29. The summed E-state index contributed by atoms with van der Waals surface area (Å²) in [4.78, 5) is 20.6. The van der Waals surface area contributed by atoms with E-state index in [1.165, 1.54) is 6.26 Å². The molecule has 1 amide bonds. The highest BCUT2D eigenvalue weighted by molar-refractivity contribution is 7.84. The second kappa shape index (κ2) is 5.70. The Morgan fingerprint density at radius 1 is 1.50 bits per heavy atom. The third-order valence-electron chi connectivity index (χ3n) is 1.02. The van der Waals surface area contributed by atoms with Gasteiger partial charge in [0.1, 0.15) is 6.42 Å². The Labute approximate surface area is 72.6 Å². The van der Waals surface area contributed by atoms with Gasteiger partial charge in [-0.1, -0.05) is 0 Å². The second-order valence-corrected chi connectivity index (χ2v) is 3.75. The van der Waals surface area contributed by atoms with Gasteiger partial charge in [0.25, 0.3) is 0 Å². The van der Waals surface area contributed by atoms with Crippen LogP contribution in [0, 0.1) is 0 Å². The lowest BCUT2D eigenvalue weighted by molar-refractivity contribution is -0.140. The van der Waals surface area contributed by atoms with Crippen LogP contribution in [0.2, 0.25) is 0 Å². The van der Waals surface area contributed by atoms with Crippen LogP contribution in [0.1, 0.15) is 6.42 Å². The van der Waals surface area contributed by atoms with Crippen LogP contribution in [0.15, 0.2) is 0 Å². The van der Waals surface area contributed by atoms with Crippen LogP contribution in [0.3, 0.4) is 0 Å². The van der Waals surface area contributed by atoms with Gasteiger partial charge in [0.15, 0.2) is 0 Å². The van der Waals surface area contributed by atoms with E-state index in [-0.39, 0.29) is 6.54 Å². The summed E-state index contributed by atoms with van der Waals surface area (Å²) in [6.07, 6.45) is 0.986. The van der Waals surface area contributed by atoms with Crippen LogP contribution in [0.5, 0.6) is 0 Å². The first kappa shape index (κ1) is 11.1. The molecule has 0 bridgehead atoms. The molecule has 0 aliphatic rings. The van der Waals surface area contributed by atoms with Crippen molar-refractivity contribution in [3.8, 4) is 0 Å². The van der Waals surface area contributed by atoms with Crippen molar-refractivity contribution >= 4 is 22.7 Å². The van der Waals surface area contributed by atoms with Crippen LogP contribution in [0.4, 0.5) is 0 Å². The van der Waals surface area contributed by atoms with Crippen LogP contribution in [0.25, 0.3) is 0 Å². The largest absolute Gasteiger partial charge is 0.481 e. The van der Waals surface area contributed by atoms with Crippen molar-refractivity contribution in [1.29, 1.82) is 0 Å². The number of hydrogen-bond donors (Lipinski definition) is 2. The third-order valence-corrected chi connectivity index (χ3v) is 1.80. The van der Waals surface area contributed by atoms with E-state index in [0.717, 1.165) is 0 Å². The quantitative estimate of drug-likeness (QED) is 0.546. The van der Waals surface area contributed by atoms with E-state index in [9.17, 15) is 13.8 Å². The molecule has 0 radical (unpaired) electrons. The fourth-order valence-corrected chi connectivity index (χ4v) is 0.924. The minimum atomic E-state index is -1.16. The van der Waals surface area contributed by atoms with Crippen molar-refractivity contribution < 1.29 is 18.9 Å². The lowest BCUT2D eigenvalue weighted by Gasteiger charge is -2.00. The highest BCUT2D eigenvalue weighted by Gasteiger charge is 2.05. The summed E-state index contributed by atoms with van der Waals surface area (Å²) in [5.41, 5.74) is 0. The van der Waals surface area contributed by atoms with Gasteiger partial charge in [-0.3, -0.25) is 13.8 Å². The summed E-state index contributed by atoms with van der Waals surface area (Å²) in [6, 6.07) is 0. The van der Waals surface area contributed by atoms with E-state index in [2.05, 4.69) is 5.32 Å². The molecule has 5 nitrogen and oxygen atoms in total. The Morgan fingerprint density at radius 2 is 2.08 bits per heavy atom. The first-order chi connectivity index (χ1) is 5.52. The highest BCUT2D eigenvalue weighted by atomic mass is 32.2. The number of carbonyl (C=O) groups is 2. The molecule has 0 saturated carbocycles. The number of carboxylic acid groups (broad SMARTS) is 1. The molecule has 0 heterocycles. The van der Waals surface area contributed by atoms with E-state index >= 15 is 0 Å². The zero-order valence-corrected chi connectivity index (χ0v) is 7.52. The molecule has 2 N–H and O–H groups in total. The Morgan fingerprint density at radius 3 is 2.50 bits per heavy atom. The summed E-state index contributed by atoms with van der Waals surface area (Å²) in [6.45, 7) is 0.259. The number of amides is 1. The van der Waals surface area contributed by atoms with Crippen LogP contribution >= 0.6 is 0 Å². The van der Waals surface area contributed by atoms with Crippen LogP contribution in [-0.4, -0.2) is 39.7 Å². The van der Waals surface area contributed by atoms with Crippen molar-refractivity contribution in [2.45, 2.75) is 6.42 Å². The third kappa shape index (κ3) is 7.20. The average molecular weight is 193 g/mol. The predicted molar refractivity (Wildman–Crippen MR) is 44.2 cm³/mol. The number of hydrogen-bond acceptors (Lipinski definition) is 3. The van der Waals surface area contributed by atoms with Gasteiger partial charge in [0, 0.05) is 29.4 Å². The summed E-state index contributed by atoms with van der Waals surface area (Å²) < 4.78 is 10.5. The topological polar surface area (TPSA) is 83.5 Å². The molecule has 0 aliphatic heterocycles. The number of carbonyl (C=O) groups excluding carboxylic acids is 1. The molecular formula is C6H11NO4S. The van der Waals surface area contributed by atoms with Crippen molar-refractivity contribution in [1.82, 2.24) is 5.32 Å². The molecule has 70 valence electrons. The van der Waals surface area contributed by atoms with Gasteiger partial charge < -0.3 is 10.4 Å². The van der Waals surface area contributed by atoms with Gasteiger partial charge in [-0.15, -0.1) is 0 Å². The van der Waals surface area contributed by atoms with Crippen LogP contribution in [-0.2, 0) is 20.4 Å². The lowest BCUT2D eigenvalue weighted by atomic mass is 10.4. The normalized spacial score (nSPS) is 12.1. The fourth-order valence-electron chi connectivity index (χ4n) is 0.534. The van der Waals surface area contributed by atoms with E-state index in [1.54, 1.807) is 0 Å². The smallest absolute Gasteiger partial charge is 0.312 e. The van der Waals surface area contributed by atoms with Gasteiger partial charge in [-0.25, -0.2) is 0 Å². The molecule has 0 aromatic rings. The molecule has 0 aliphatic carbocycles. The monoisotopic (exact) mass is 193 g/mol. The summed E-state index contributed by atoms with van der Waals surface area (Å²) in [7, 11) is -0.957. The van der Waals surface area contributed by atoms with Gasteiger partial charge in [0.2, 0.25) is 5.91 Å². The SMILES string of the molecule is CS(=O)CCNC(=O)CC(=O)O. The Hall–Kier alpha value is -0.910. The van der Waals surface area contributed by atoms with Crippen LogP contribution < -0.4 is 5.32 Å². The average Bonchev–Trinajstić information content (AvgIpc) is 1.84. The Bertz CT molecular complexity index is 204. The molecular weight excluding hydrogens is 182 g/mol. The Kier molecular flexibility index (Phi) is 5.27.